The zero-order valence-corrected chi connectivity index (χ0v) is 14.1. The number of benzene rings is 2. The van der Waals surface area contributed by atoms with Crippen molar-refractivity contribution in [1.29, 1.82) is 0 Å². The average Bonchev–Trinajstić information content (AvgIpc) is 2.43. The number of aryl methyl sites for hydroxylation is 1. The highest BCUT2D eigenvalue weighted by Gasteiger charge is 2.24. The predicted octanol–water partition coefficient (Wildman–Crippen LogP) is 5.24. The molecule has 4 heteroatoms. The van der Waals surface area contributed by atoms with Crippen LogP contribution in [-0.2, 0) is 4.79 Å². The van der Waals surface area contributed by atoms with E-state index in [0.29, 0.717) is 0 Å². The number of anilines is 3. The van der Waals surface area contributed by atoms with Crippen LogP contribution in [-0.4, -0.2) is 5.91 Å². The molecular formula is C18H19BrN2O. The summed E-state index contributed by atoms with van der Waals surface area (Å²) >= 11 is 3.54. The Morgan fingerprint density at radius 1 is 1.05 bits per heavy atom. The van der Waals surface area contributed by atoms with Crippen LogP contribution in [0.2, 0.25) is 0 Å². The third-order valence-electron chi connectivity index (χ3n) is 4.09. The van der Waals surface area contributed by atoms with Gasteiger partial charge in [-0.25, -0.2) is 0 Å². The molecule has 0 aliphatic heterocycles. The first kappa shape index (κ1) is 15.1. The highest BCUT2D eigenvalue weighted by molar-refractivity contribution is 9.10. The standard InChI is InChI=1S/C18H19BrN2O/c1-12-5-6-16(11-17(12)19)20-14-7-9-15(10-8-14)21-18(22)13-3-2-4-13/h5-11,13,20H,2-4H2,1H3,(H,21,22). The first-order chi connectivity index (χ1) is 10.6. The lowest BCUT2D eigenvalue weighted by atomic mass is 9.85. The van der Waals surface area contributed by atoms with Gasteiger partial charge in [-0.3, -0.25) is 4.79 Å². The van der Waals surface area contributed by atoms with Crippen LogP contribution in [0.1, 0.15) is 24.8 Å². The molecule has 3 rings (SSSR count). The molecule has 1 aliphatic carbocycles. The maximum Gasteiger partial charge on any atom is 0.227 e. The number of nitrogens with one attached hydrogen (secondary N) is 2. The van der Waals surface area contributed by atoms with Gasteiger partial charge in [0.15, 0.2) is 0 Å². The van der Waals surface area contributed by atoms with Crippen LogP contribution in [0.25, 0.3) is 0 Å². The number of halogens is 1. The van der Waals surface area contributed by atoms with Gasteiger partial charge in [0.1, 0.15) is 0 Å². The fourth-order valence-corrected chi connectivity index (χ4v) is 2.77. The van der Waals surface area contributed by atoms with Crippen LogP contribution in [0.3, 0.4) is 0 Å². The lowest BCUT2D eigenvalue weighted by Gasteiger charge is -2.24. The molecule has 22 heavy (non-hydrogen) atoms. The van der Waals surface area contributed by atoms with Crippen molar-refractivity contribution < 1.29 is 4.79 Å². The summed E-state index contributed by atoms with van der Waals surface area (Å²) < 4.78 is 1.09. The Bertz CT molecular complexity index is 678. The highest BCUT2D eigenvalue weighted by Crippen LogP contribution is 2.28. The number of hydrogen-bond acceptors (Lipinski definition) is 2. The van der Waals surface area contributed by atoms with Crippen molar-refractivity contribution in [3.05, 3.63) is 52.5 Å². The van der Waals surface area contributed by atoms with Crippen molar-refractivity contribution in [2.75, 3.05) is 10.6 Å². The predicted molar refractivity (Wildman–Crippen MR) is 94.6 cm³/mol. The molecule has 1 fully saturated rings. The van der Waals surface area contributed by atoms with Crippen LogP contribution in [0.4, 0.5) is 17.1 Å². The third kappa shape index (κ3) is 3.50. The molecule has 0 radical (unpaired) electrons. The minimum absolute atomic E-state index is 0.148. The summed E-state index contributed by atoms with van der Waals surface area (Å²) in [6.07, 6.45) is 3.22. The topological polar surface area (TPSA) is 41.1 Å². The molecule has 1 aliphatic rings. The van der Waals surface area contributed by atoms with Crippen molar-refractivity contribution in [3.63, 3.8) is 0 Å². The quantitative estimate of drug-likeness (QED) is 0.784. The summed E-state index contributed by atoms with van der Waals surface area (Å²) in [4.78, 5) is 11.9. The smallest absolute Gasteiger partial charge is 0.227 e. The third-order valence-corrected chi connectivity index (χ3v) is 4.94. The van der Waals surface area contributed by atoms with Crippen LogP contribution in [0.5, 0.6) is 0 Å². The van der Waals surface area contributed by atoms with Gasteiger partial charge in [0, 0.05) is 27.5 Å². The number of carbonyl (C=O) groups is 1. The summed E-state index contributed by atoms with van der Waals surface area (Å²) in [6, 6.07) is 14.0. The van der Waals surface area contributed by atoms with E-state index in [0.717, 1.165) is 34.4 Å². The largest absolute Gasteiger partial charge is 0.355 e. The molecule has 0 aromatic heterocycles. The maximum atomic E-state index is 11.9. The van der Waals surface area contributed by atoms with Gasteiger partial charge in [0.2, 0.25) is 5.91 Å². The van der Waals surface area contributed by atoms with E-state index in [2.05, 4.69) is 45.6 Å². The van der Waals surface area contributed by atoms with Crippen molar-refractivity contribution in [1.82, 2.24) is 0 Å². The monoisotopic (exact) mass is 358 g/mol. The van der Waals surface area contributed by atoms with Gasteiger partial charge in [-0.05, 0) is 61.7 Å². The van der Waals surface area contributed by atoms with Gasteiger partial charge in [-0.1, -0.05) is 28.4 Å². The average molecular weight is 359 g/mol. The lowest BCUT2D eigenvalue weighted by molar-refractivity contribution is -0.122. The fourth-order valence-electron chi connectivity index (χ4n) is 2.39. The lowest BCUT2D eigenvalue weighted by Crippen LogP contribution is -2.27. The second kappa shape index (κ2) is 6.53. The van der Waals surface area contributed by atoms with E-state index in [1.165, 1.54) is 12.0 Å². The molecule has 0 saturated heterocycles. The molecule has 1 saturated carbocycles. The van der Waals surface area contributed by atoms with Gasteiger partial charge in [0.05, 0.1) is 0 Å². The van der Waals surface area contributed by atoms with E-state index in [9.17, 15) is 4.79 Å². The first-order valence-corrected chi connectivity index (χ1v) is 8.35. The van der Waals surface area contributed by atoms with Crippen molar-refractivity contribution in [2.24, 2.45) is 5.92 Å². The van der Waals surface area contributed by atoms with Crippen LogP contribution in [0, 0.1) is 12.8 Å². The second-order valence-corrected chi connectivity index (χ2v) is 6.64. The molecular weight excluding hydrogens is 340 g/mol. The molecule has 1 amide bonds. The fraction of sp³-hybridized carbons (Fsp3) is 0.278. The summed E-state index contributed by atoms with van der Waals surface area (Å²) in [7, 11) is 0. The van der Waals surface area contributed by atoms with Gasteiger partial charge < -0.3 is 10.6 Å². The molecule has 0 heterocycles. The normalized spacial score (nSPS) is 14.3. The van der Waals surface area contributed by atoms with Crippen molar-refractivity contribution >= 4 is 38.9 Å². The summed E-state index contributed by atoms with van der Waals surface area (Å²) in [5.74, 6) is 0.358. The molecule has 114 valence electrons. The van der Waals surface area contributed by atoms with Gasteiger partial charge in [-0.15, -0.1) is 0 Å². The van der Waals surface area contributed by atoms with E-state index in [1.54, 1.807) is 0 Å². The Balaban J connectivity index is 1.63. The minimum atomic E-state index is 0.148. The Kier molecular flexibility index (Phi) is 4.48. The maximum absolute atomic E-state index is 11.9. The Hall–Kier alpha value is -1.81. The van der Waals surface area contributed by atoms with Gasteiger partial charge in [0.25, 0.3) is 0 Å². The summed E-state index contributed by atoms with van der Waals surface area (Å²) in [5, 5.41) is 6.33. The summed E-state index contributed by atoms with van der Waals surface area (Å²) in [5.41, 5.74) is 4.09. The van der Waals surface area contributed by atoms with Crippen LogP contribution in [0.15, 0.2) is 46.9 Å². The number of hydrogen-bond donors (Lipinski definition) is 2. The molecule has 0 spiro atoms. The van der Waals surface area contributed by atoms with Crippen molar-refractivity contribution in [2.45, 2.75) is 26.2 Å². The first-order valence-electron chi connectivity index (χ1n) is 7.56. The van der Waals surface area contributed by atoms with E-state index in [4.69, 9.17) is 0 Å². The Morgan fingerprint density at radius 2 is 1.68 bits per heavy atom. The molecule has 0 bridgehead atoms. The molecule has 0 atom stereocenters. The SMILES string of the molecule is Cc1ccc(Nc2ccc(NC(=O)C3CCC3)cc2)cc1Br. The molecule has 2 N–H and O–H groups in total. The molecule has 0 unspecified atom stereocenters. The molecule has 2 aromatic rings. The van der Waals surface area contributed by atoms with Crippen molar-refractivity contribution in [3.8, 4) is 0 Å². The van der Waals surface area contributed by atoms with E-state index in [-0.39, 0.29) is 11.8 Å². The summed E-state index contributed by atoms with van der Waals surface area (Å²) in [6.45, 7) is 2.06. The Labute approximate surface area is 139 Å². The highest BCUT2D eigenvalue weighted by atomic mass is 79.9. The van der Waals surface area contributed by atoms with E-state index < -0.39 is 0 Å². The van der Waals surface area contributed by atoms with Crippen LogP contribution >= 0.6 is 15.9 Å². The number of rotatable bonds is 4. The van der Waals surface area contributed by atoms with Gasteiger partial charge >= 0.3 is 0 Å². The zero-order chi connectivity index (χ0) is 15.5. The minimum Gasteiger partial charge on any atom is -0.355 e. The van der Waals surface area contributed by atoms with E-state index >= 15 is 0 Å². The zero-order valence-electron chi connectivity index (χ0n) is 12.5. The second-order valence-electron chi connectivity index (χ2n) is 5.78. The van der Waals surface area contributed by atoms with E-state index in [1.807, 2.05) is 30.3 Å². The Morgan fingerprint density at radius 3 is 2.27 bits per heavy atom. The number of carbonyl (C=O) groups excluding carboxylic acids is 1. The molecule has 2 aromatic carbocycles. The molecule has 3 nitrogen and oxygen atoms in total. The van der Waals surface area contributed by atoms with Gasteiger partial charge in [-0.2, -0.15) is 0 Å². The number of amides is 1. The van der Waals surface area contributed by atoms with Crippen LogP contribution < -0.4 is 10.6 Å².